The van der Waals surface area contributed by atoms with Crippen LogP contribution < -0.4 is 14.4 Å². The number of hydrogen-bond donors (Lipinski definition) is 1. The number of rotatable bonds is 10. The summed E-state index contributed by atoms with van der Waals surface area (Å²) in [6.07, 6.45) is -4.06. The number of amides is 1. The number of anilines is 1. The Labute approximate surface area is 206 Å². The minimum Gasteiger partial charge on any atom is -0.492 e. The summed E-state index contributed by atoms with van der Waals surface area (Å²) in [7, 11) is -4.90. The van der Waals surface area contributed by atoms with Gasteiger partial charge in [0, 0.05) is 14.1 Å². The first-order valence-corrected chi connectivity index (χ1v) is 13.5. The summed E-state index contributed by atoms with van der Waals surface area (Å²) in [5.41, 5.74) is -1.60. The highest BCUT2D eigenvalue weighted by Gasteiger charge is 2.34. The van der Waals surface area contributed by atoms with Gasteiger partial charge < -0.3 is 10.1 Å². The van der Waals surface area contributed by atoms with Crippen LogP contribution in [0.1, 0.15) is 5.56 Å². The summed E-state index contributed by atoms with van der Waals surface area (Å²) in [5, 5.41) is 1.80. The second kappa shape index (κ2) is 11.0. The van der Waals surface area contributed by atoms with Gasteiger partial charge in [0.25, 0.3) is 0 Å². The molecule has 15 heteroatoms. The van der Waals surface area contributed by atoms with Gasteiger partial charge in [-0.1, -0.05) is 11.6 Å². The van der Waals surface area contributed by atoms with Gasteiger partial charge in [0.05, 0.1) is 34.0 Å². The topological polar surface area (TPSA) is 113 Å². The predicted molar refractivity (Wildman–Crippen MR) is 124 cm³/mol. The Morgan fingerprint density at radius 1 is 1.06 bits per heavy atom. The molecule has 0 unspecified atom stereocenters. The number of hydrogen-bond acceptors (Lipinski definition) is 6. The van der Waals surface area contributed by atoms with Gasteiger partial charge in [0.1, 0.15) is 18.9 Å². The molecule has 194 valence electrons. The van der Waals surface area contributed by atoms with Gasteiger partial charge in [-0.05, 0) is 42.5 Å². The van der Waals surface area contributed by atoms with Crippen LogP contribution >= 0.6 is 11.6 Å². The minimum absolute atomic E-state index is 0.0381. The van der Waals surface area contributed by atoms with Gasteiger partial charge in [0.15, 0.2) is 0 Å². The number of nitrogens with one attached hydrogen (secondary N) is 1. The van der Waals surface area contributed by atoms with E-state index in [2.05, 4.69) is 5.32 Å². The van der Waals surface area contributed by atoms with Gasteiger partial charge in [-0.25, -0.2) is 21.1 Å². The quantitative estimate of drug-likeness (QED) is 0.449. The number of halogens is 4. The zero-order valence-corrected chi connectivity index (χ0v) is 21.2. The van der Waals surface area contributed by atoms with Crippen LogP contribution in [0, 0.1) is 0 Å². The third kappa shape index (κ3) is 7.72. The fraction of sp³-hybridized carbons (Fsp3) is 0.350. The van der Waals surface area contributed by atoms with E-state index in [1.54, 1.807) is 0 Å². The van der Waals surface area contributed by atoms with Crippen molar-refractivity contribution in [2.75, 3.05) is 44.4 Å². The van der Waals surface area contributed by atoms with Crippen LogP contribution in [0.15, 0.2) is 47.4 Å². The molecule has 0 saturated carbocycles. The van der Waals surface area contributed by atoms with Crippen molar-refractivity contribution in [3.05, 3.63) is 53.1 Å². The van der Waals surface area contributed by atoms with Gasteiger partial charge >= 0.3 is 6.18 Å². The average molecular weight is 558 g/mol. The maximum atomic E-state index is 13.1. The lowest BCUT2D eigenvalue weighted by Crippen LogP contribution is -2.41. The number of benzene rings is 2. The van der Waals surface area contributed by atoms with E-state index in [-0.39, 0.29) is 23.7 Å². The Hall–Kier alpha value is -2.55. The molecule has 1 N–H and O–H groups in total. The van der Waals surface area contributed by atoms with Crippen LogP contribution in [-0.4, -0.2) is 67.1 Å². The molecule has 0 heterocycles. The normalized spacial score (nSPS) is 12.5. The molecule has 1 amide bonds. The second-order valence-corrected chi connectivity index (χ2v) is 11.9. The van der Waals surface area contributed by atoms with Crippen molar-refractivity contribution in [2.45, 2.75) is 11.1 Å². The molecule has 0 aliphatic heterocycles. The Morgan fingerprint density at radius 2 is 1.66 bits per heavy atom. The zero-order valence-electron chi connectivity index (χ0n) is 18.8. The molecule has 0 bridgehead atoms. The lowest BCUT2D eigenvalue weighted by atomic mass is 10.2. The van der Waals surface area contributed by atoms with Crippen LogP contribution in [0.3, 0.4) is 0 Å². The molecular weight excluding hydrogens is 535 g/mol. The second-order valence-electron chi connectivity index (χ2n) is 7.39. The summed E-state index contributed by atoms with van der Waals surface area (Å²) >= 11 is 5.57. The first kappa shape index (κ1) is 28.7. The highest BCUT2D eigenvalue weighted by atomic mass is 35.5. The highest BCUT2D eigenvalue weighted by molar-refractivity contribution is 7.92. The maximum absolute atomic E-state index is 13.1. The van der Waals surface area contributed by atoms with Crippen LogP contribution in [0.2, 0.25) is 5.02 Å². The molecule has 0 aromatic heterocycles. The van der Waals surface area contributed by atoms with Crippen molar-refractivity contribution in [3.63, 3.8) is 0 Å². The molecule has 0 spiro atoms. The average Bonchev–Trinajstić information content (AvgIpc) is 2.74. The molecule has 0 saturated heterocycles. The highest BCUT2D eigenvalue weighted by Crippen LogP contribution is 2.37. The molecular formula is C20H23ClF3N3O6S2. The fourth-order valence-electron chi connectivity index (χ4n) is 2.75. The number of sulfonamides is 2. The van der Waals surface area contributed by atoms with E-state index in [0.717, 1.165) is 22.7 Å². The van der Waals surface area contributed by atoms with Crippen molar-refractivity contribution in [1.29, 1.82) is 0 Å². The van der Waals surface area contributed by atoms with Crippen LogP contribution in [-0.2, 0) is 31.0 Å². The van der Waals surface area contributed by atoms with Crippen LogP contribution in [0.4, 0.5) is 18.9 Å². The summed E-state index contributed by atoms with van der Waals surface area (Å²) in [5.74, 6) is -0.453. The molecule has 0 aliphatic carbocycles. The van der Waals surface area contributed by atoms with Crippen LogP contribution in [0.25, 0.3) is 0 Å². The number of nitrogens with zero attached hydrogens (tertiary/aromatic N) is 2. The van der Waals surface area contributed by atoms with Crippen molar-refractivity contribution in [3.8, 4) is 5.75 Å². The number of alkyl halides is 3. The van der Waals surface area contributed by atoms with Gasteiger partial charge in [-0.3, -0.25) is 9.10 Å². The van der Waals surface area contributed by atoms with Gasteiger partial charge in [-0.2, -0.15) is 13.2 Å². The molecule has 0 radical (unpaired) electrons. The lowest BCUT2D eigenvalue weighted by Gasteiger charge is -2.23. The van der Waals surface area contributed by atoms with Gasteiger partial charge in [-0.15, -0.1) is 0 Å². The summed E-state index contributed by atoms with van der Waals surface area (Å²) in [4.78, 5) is 12.3. The Balaban J connectivity index is 1.99. The number of ether oxygens (including phenoxy) is 1. The van der Waals surface area contributed by atoms with Crippen molar-refractivity contribution >= 4 is 43.2 Å². The van der Waals surface area contributed by atoms with E-state index in [1.807, 2.05) is 0 Å². The van der Waals surface area contributed by atoms with E-state index >= 15 is 0 Å². The number of carbonyl (C=O) groups excluding carboxylic acids is 1. The fourth-order valence-corrected chi connectivity index (χ4v) is 4.72. The first-order valence-electron chi connectivity index (χ1n) is 9.80. The van der Waals surface area contributed by atoms with E-state index in [1.165, 1.54) is 38.4 Å². The van der Waals surface area contributed by atoms with E-state index in [0.29, 0.717) is 16.1 Å². The first-order chi connectivity index (χ1) is 16.0. The maximum Gasteiger partial charge on any atom is 0.417 e. The molecule has 2 aromatic rings. The summed E-state index contributed by atoms with van der Waals surface area (Å²) < 4.78 is 94.8. The minimum atomic E-state index is -4.81. The molecule has 0 aliphatic rings. The molecule has 35 heavy (non-hydrogen) atoms. The summed E-state index contributed by atoms with van der Waals surface area (Å²) in [6.45, 7) is -0.860. The zero-order chi connectivity index (χ0) is 26.6. The smallest absolute Gasteiger partial charge is 0.417 e. The Kier molecular flexibility index (Phi) is 9.03. The molecule has 0 atom stereocenters. The number of carbonyl (C=O) groups is 1. The Bertz CT molecular complexity index is 1270. The van der Waals surface area contributed by atoms with Crippen LogP contribution in [0.5, 0.6) is 5.75 Å². The van der Waals surface area contributed by atoms with Crippen molar-refractivity contribution in [1.82, 2.24) is 9.62 Å². The third-order valence-corrected chi connectivity index (χ3v) is 7.83. The summed E-state index contributed by atoms with van der Waals surface area (Å²) in [6, 6.07) is 8.10. The van der Waals surface area contributed by atoms with Gasteiger partial charge in [0.2, 0.25) is 26.0 Å². The molecule has 2 rings (SSSR count). The molecule has 9 nitrogen and oxygen atoms in total. The predicted octanol–water partition coefficient (Wildman–Crippen LogP) is 2.57. The SMILES string of the molecule is CN(C)S(=O)(=O)c1ccc(OCCNC(=O)CN(c2ccc(Cl)c(C(F)(F)F)c2)S(C)(=O)=O)cc1. The largest absolute Gasteiger partial charge is 0.492 e. The van der Waals surface area contributed by atoms with Crippen molar-refractivity contribution < 1.29 is 39.5 Å². The monoisotopic (exact) mass is 557 g/mol. The molecule has 0 fully saturated rings. The van der Waals surface area contributed by atoms with E-state index < -0.39 is 49.3 Å². The van der Waals surface area contributed by atoms with E-state index in [9.17, 15) is 34.8 Å². The third-order valence-electron chi connectivity index (χ3n) is 4.53. The Morgan fingerprint density at radius 3 is 2.17 bits per heavy atom. The van der Waals surface area contributed by atoms with E-state index in [4.69, 9.17) is 16.3 Å². The van der Waals surface area contributed by atoms with Crippen molar-refractivity contribution in [2.24, 2.45) is 0 Å². The molecule has 2 aromatic carbocycles. The standard InChI is InChI=1S/C20H23ClF3N3O6S2/c1-26(2)35(31,32)16-7-5-15(6-8-16)33-11-10-25-19(28)13-27(34(3,29)30)14-4-9-18(21)17(12-14)20(22,23)24/h4-9,12H,10-11,13H2,1-3H3,(H,25,28). The lowest BCUT2D eigenvalue weighted by molar-refractivity contribution is -0.137.